The fourth-order valence-electron chi connectivity index (χ4n) is 3.13. The molecule has 2 aromatic carbocycles. The molecular weight excluding hydrogens is 410 g/mol. The van der Waals surface area contributed by atoms with Crippen molar-refractivity contribution in [3.63, 3.8) is 0 Å². The number of aromatic nitrogens is 3. The van der Waals surface area contributed by atoms with Gasteiger partial charge in [0.2, 0.25) is 5.91 Å². The van der Waals surface area contributed by atoms with E-state index in [2.05, 4.69) is 41.5 Å². The van der Waals surface area contributed by atoms with E-state index in [4.69, 9.17) is 0 Å². The lowest BCUT2D eigenvalue weighted by atomic mass is 10.1. The van der Waals surface area contributed by atoms with Crippen molar-refractivity contribution in [3.8, 4) is 5.69 Å². The summed E-state index contributed by atoms with van der Waals surface area (Å²) < 4.78 is 1.87. The number of carbonyl (C=O) groups is 2. The zero-order valence-corrected chi connectivity index (χ0v) is 19.1. The smallest absolute Gasteiger partial charge is 0.253 e. The Morgan fingerprint density at radius 3 is 2.55 bits per heavy atom. The van der Waals surface area contributed by atoms with Crippen LogP contribution < -0.4 is 5.32 Å². The van der Waals surface area contributed by atoms with Crippen molar-refractivity contribution >= 4 is 29.3 Å². The number of nitrogens with one attached hydrogen (secondary N) is 1. The van der Waals surface area contributed by atoms with Gasteiger partial charge in [-0.2, -0.15) is 0 Å². The molecule has 1 N–H and O–H groups in total. The SMILES string of the molecule is CCN(CC)C(=O)c1cccc(NC(=O)CSc2nncn2-c2ccc(C)c(C)c2)c1. The van der Waals surface area contributed by atoms with Gasteiger partial charge in [0.1, 0.15) is 6.33 Å². The summed E-state index contributed by atoms with van der Waals surface area (Å²) in [5, 5.41) is 11.6. The molecule has 0 spiro atoms. The molecule has 0 atom stereocenters. The van der Waals surface area contributed by atoms with Gasteiger partial charge in [-0.1, -0.05) is 23.9 Å². The number of aryl methyl sites for hydroxylation is 2. The summed E-state index contributed by atoms with van der Waals surface area (Å²) >= 11 is 1.31. The lowest BCUT2D eigenvalue weighted by Gasteiger charge is -2.19. The van der Waals surface area contributed by atoms with Crippen molar-refractivity contribution in [1.29, 1.82) is 0 Å². The minimum Gasteiger partial charge on any atom is -0.339 e. The summed E-state index contributed by atoms with van der Waals surface area (Å²) in [5.74, 6) is -0.0402. The number of amides is 2. The van der Waals surface area contributed by atoms with Crippen LogP contribution in [0.5, 0.6) is 0 Å². The lowest BCUT2D eigenvalue weighted by Crippen LogP contribution is -2.30. The minimum atomic E-state index is -0.174. The number of anilines is 1. The molecule has 0 aliphatic heterocycles. The van der Waals surface area contributed by atoms with Gasteiger partial charge in [-0.15, -0.1) is 10.2 Å². The highest BCUT2D eigenvalue weighted by Gasteiger charge is 2.14. The Morgan fingerprint density at radius 2 is 1.84 bits per heavy atom. The number of nitrogens with zero attached hydrogens (tertiary/aromatic N) is 4. The van der Waals surface area contributed by atoms with E-state index in [1.54, 1.807) is 35.5 Å². The van der Waals surface area contributed by atoms with Crippen LogP contribution in [0.4, 0.5) is 5.69 Å². The summed E-state index contributed by atoms with van der Waals surface area (Å²) in [6.45, 7) is 9.30. The molecule has 1 aromatic heterocycles. The highest BCUT2D eigenvalue weighted by atomic mass is 32.2. The number of thioether (sulfide) groups is 1. The molecule has 3 aromatic rings. The molecule has 0 aliphatic carbocycles. The first-order chi connectivity index (χ1) is 14.9. The van der Waals surface area contributed by atoms with Gasteiger partial charge in [0.15, 0.2) is 5.16 Å². The van der Waals surface area contributed by atoms with Crippen LogP contribution in [0.25, 0.3) is 5.69 Å². The van der Waals surface area contributed by atoms with E-state index >= 15 is 0 Å². The van der Waals surface area contributed by atoms with Crippen LogP contribution in [0, 0.1) is 13.8 Å². The zero-order valence-electron chi connectivity index (χ0n) is 18.3. The van der Waals surface area contributed by atoms with Gasteiger partial charge in [0.25, 0.3) is 5.91 Å². The van der Waals surface area contributed by atoms with Gasteiger partial charge in [0, 0.05) is 30.0 Å². The molecule has 0 bridgehead atoms. The Bertz CT molecular complexity index is 1080. The Balaban J connectivity index is 1.64. The molecular formula is C23H27N5O2S. The molecule has 0 radical (unpaired) electrons. The number of hydrogen-bond donors (Lipinski definition) is 1. The van der Waals surface area contributed by atoms with Crippen LogP contribution in [0.3, 0.4) is 0 Å². The van der Waals surface area contributed by atoms with Crippen molar-refractivity contribution in [2.45, 2.75) is 32.9 Å². The molecule has 8 heteroatoms. The maximum Gasteiger partial charge on any atom is 0.253 e. The van der Waals surface area contributed by atoms with E-state index < -0.39 is 0 Å². The average molecular weight is 438 g/mol. The number of carbonyl (C=O) groups excluding carboxylic acids is 2. The Morgan fingerprint density at radius 1 is 1.06 bits per heavy atom. The van der Waals surface area contributed by atoms with Crippen LogP contribution in [-0.4, -0.2) is 50.3 Å². The van der Waals surface area contributed by atoms with Crippen molar-refractivity contribution in [3.05, 3.63) is 65.5 Å². The van der Waals surface area contributed by atoms with Crippen LogP contribution in [0.1, 0.15) is 35.3 Å². The molecule has 0 saturated carbocycles. The third-order valence-electron chi connectivity index (χ3n) is 5.06. The molecule has 7 nitrogen and oxygen atoms in total. The first-order valence-corrected chi connectivity index (χ1v) is 11.2. The second-order valence-electron chi connectivity index (χ2n) is 7.15. The van der Waals surface area contributed by atoms with Gasteiger partial charge < -0.3 is 10.2 Å². The van der Waals surface area contributed by atoms with Crippen LogP contribution in [-0.2, 0) is 4.79 Å². The van der Waals surface area contributed by atoms with E-state index in [1.165, 1.54) is 22.9 Å². The first-order valence-electron chi connectivity index (χ1n) is 10.2. The second kappa shape index (κ2) is 10.3. The third kappa shape index (κ3) is 5.52. The van der Waals surface area contributed by atoms with Gasteiger partial charge >= 0.3 is 0 Å². The van der Waals surface area contributed by atoms with E-state index in [9.17, 15) is 9.59 Å². The number of hydrogen-bond acceptors (Lipinski definition) is 5. The molecule has 31 heavy (non-hydrogen) atoms. The summed E-state index contributed by atoms with van der Waals surface area (Å²) in [6.07, 6.45) is 1.65. The number of rotatable bonds is 8. The average Bonchev–Trinajstić information content (AvgIpc) is 3.24. The molecule has 0 unspecified atom stereocenters. The monoisotopic (exact) mass is 437 g/mol. The van der Waals surface area contributed by atoms with Gasteiger partial charge in [-0.25, -0.2) is 0 Å². The molecule has 2 amide bonds. The summed E-state index contributed by atoms with van der Waals surface area (Å²) in [6, 6.07) is 13.2. The Hall–Kier alpha value is -3.13. The van der Waals surface area contributed by atoms with E-state index in [-0.39, 0.29) is 17.6 Å². The third-order valence-corrected chi connectivity index (χ3v) is 6.00. The first kappa shape index (κ1) is 22.6. The molecule has 0 aliphatic rings. The Kier molecular flexibility index (Phi) is 7.46. The predicted molar refractivity (Wildman–Crippen MR) is 124 cm³/mol. The maximum atomic E-state index is 12.5. The standard InChI is InChI=1S/C23H27N5O2S/c1-5-27(6-2)22(30)18-8-7-9-19(13-18)25-21(29)14-31-23-26-24-15-28(23)20-11-10-16(3)17(4)12-20/h7-13,15H,5-6,14H2,1-4H3,(H,25,29). The largest absolute Gasteiger partial charge is 0.339 e. The highest BCUT2D eigenvalue weighted by molar-refractivity contribution is 7.99. The summed E-state index contributed by atoms with van der Waals surface area (Å²) in [7, 11) is 0. The van der Waals surface area contributed by atoms with Gasteiger partial charge in [-0.3, -0.25) is 14.2 Å². The van der Waals surface area contributed by atoms with Crippen LogP contribution in [0.2, 0.25) is 0 Å². The number of benzene rings is 2. The lowest BCUT2D eigenvalue weighted by molar-refractivity contribution is -0.113. The van der Waals surface area contributed by atoms with Crippen molar-refractivity contribution in [2.24, 2.45) is 0 Å². The van der Waals surface area contributed by atoms with E-state index in [1.807, 2.05) is 24.5 Å². The maximum absolute atomic E-state index is 12.5. The fourth-order valence-corrected chi connectivity index (χ4v) is 3.85. The van der Waals surface area contributed by atoms with Gasteiger partial charge in [-0.05, 0) is 69.2 Å². The van der Waals surface area contributed by atoms with Crippen molar-refractivity contribution < 1.29 is 9.59 Å². The van der Waals surface area contributed by atoms with Crippen molar-refractivity contribution in [1.82, 2.24) is 19.7 Å². The molecule has 3 rings (SSSR count). The molecule has 162 valence electrons. The van der Waals surface area contributed by atoms with Gasteiger partial charge in [0.05, 0.1) is 5.75 Å². The van der Waals surface area contributed by atoms with E-state index in [0.717, 1.165) is 5.69 Å². The second-order valence-corrected chi connectivity index (χ2v) is 8.09. The fraction of sp³-hybridized carbons (Fsp3) is 0.304. The quantitative estimate of drug-likeness (QED) is 0.537. The van der Waals surface area contributed by atoms with Crippen LogP contribution >= 0.6 is 11.8 Å². The normalized spacial score (nSPS) is 10.7. The van der Waals surface area contributed by atoms with Crippen LogP contribution in [0.15, 0.2) is 53.9 Å². The van der Waals surface area contributed by atoms with E-state index in [0.29, 0.717) is 29.5 Å². The molecule has 1 heterocycles. The zero-order chi connectivity index (χ0) is 22.4. The summed E-state index contributed by atoms with van der Waals surface area (Å²) in [4.78, 5) is 26.8. The topological polar surface area (TPSA) is 80.1 Å². The molecule has 0 saturated heterocycles. The van der Waals surface area contributed by atoms with Crippen molar-refractivity contribution in [2.75, 3.05) is 24.2 Å². The Labute approximate surface area is 186 Å². The molecule has 0 fully saturated rings. The predicted octanol–water partition coefficient (Wildman–Crippen LogP) is 4.10. The highest BCUT2D eigenvalue weighted by Crippen LogP contribution is 2.22. The minimum absolute atomic E-state index is 0.0445. The summed E-state index contributed by atoms with van der Waals surface area (Å²) in [5.41, 5.74) is 4.51.